The highest BCUT2D eigenvalue weighted by Gasteiger charge is 2.33. The van der Waals surface area contributed by atoms with Crippen LogP contribution in [0.15, 0.2) is 18.2 Å². The number of carbonyl (C=O) groups excluding carboxylic acids is 2. The number of rotatable bonds is 4. The number of amides is 3. The lowest BCUT2D eigenvalue weighted by Gasteiger charge is -2.38. The Bertz CT molecular complexity index is 793. The normalized spacial score (nSPS) is 22.5. The lowest BCUT2D eigenvalue weighted by molar-refractivity contribution is -0.385. The molecule has 3 saturated heterocycles. The molecule has 4 rings (SSSR count). The van der Waals surface area contributed by atoms with Gasteiger partial charge in [-0.3, -0.25) is 14.9 Å². The molecule has 3 fully saturated rings. The van der Waals surface area contributed by atoms with Gasteiger partial charge in [-0.15, -0.1) is 0 Å². The Morgan fingerprint density at radius 2 is 1.93 bits per heavy atom. The summed E-state index contributed by atoms with van der Waals surface area (Å²) in [6.45, 7) is 4.15. The first kappa shape index (κ1) is 18.5. The van der Waals surface area contributed by atoms with E-state index in [2.05, 4.69) is 10.2 Å². The van der Waals surface area contributed by atoms with Gasteiger partial charge in [0.1, 0.15) is 5.56 Å². The monoisotopic (exact) mass is 387 g/mol. The van der Waals surface area contributed by atoms with Gasteiger partial charge < -0.3 is 20.0 Å². The van der Waals surface area contributed by atoms with Crippen LogP contribution >= 0.6 is 0 Å². The van der Waals surface area contributed by atoms with Crippen molar-refractivity contribution in [2.45, 2.75) is 31.7 Å². The molecule has 0 aliphatic carbocycles. The molecule has 150 valence electrons. The van der Waals surface area contributed by atoms with E-state index < -0.39 is 4.92 Å². The summed E-state index contributed by atoms with van der Waals surface area (Å²) in [6, 6.07) is 4.89. The zero-order chi connectivity index (χ0) is 19.7. The van der Waals surface area contributed by atoms with Crippen LogP contribution in [0.3, 0.4) is 0 Å². The largest absolute Gasteiger partial charge is 0.369 e. The number of nitro benzene ring substituents is 1. The van der Waals surface area contributed by atoms with Gasteiger partial charge in [0.2, 0.25) is 0 Å². The van der Waals surface area contributed by atoms with E-state index in [1.165, 1.54) is 6.07 Å². The number of nitro groups is 1. The van der Waals surface area contributed by atoms with E-state index in [9.17, 15) is 19.7 Å². The van der Waals surface area contributed by atoms with Crippen molar-refractivity contribution in [3.05, 3.63) is 33.9 Å². The third-order valence-corrected chi connectivity index (χ3v) is 5.89. The SMILES string of the molecule is O=C(c1cc(N2CCCC(N3CCNC3=O)C2)ccc1[N+](=O)[O-])N1CCCC1. The Morgan fingerprint density at radius 3 is 2.61 bits per heavy atom. The molecule has 1 N–H and O–H groups in total. The zero-order valence-corrected chi connectivity index (χ0v) is 15.8. The highest BCUT2D eigenvalue weighted by molar-refractivity contribution is 5.99. The van der Waals surface area contributed by atoms with Crippen LogP contribution < -0.4 is 10.2 Å². The van der Waals surface area contributed by atoms with E-state index in [0.29, 0.717) is 32.7 Å². The van der Waals surface area contributed by atoms with Crippen LogP contribution in [-0.4, -0.2) is 72.0 Å². The number of hydrogen-bond donors (Lipinski definition) is 1. The highest BCUT2D eigenvalue weighted by atomic mass is 16.6. The maximum absolute atomic E-state index is 12.9. The summed E-state index contributed by atoms with van der Waals surface area (Å²) in [6.07, 6.45) is 3.74. The summed E-state index contributed by atoms with van der Waals surface area (Å²) >= 11 is 0. The van der Waals surface area contributed by atoms with Crippen molar-refractivity contribution < 1.29 is 14.5 Å². The molecule has 3 amide bonds. The number of nitrogens with zero attached hydrogens (tertiary/aromatic N) is 4. The first-order valence-electron chi connectivity index (χ1n) is 9.92. The molecule has 9 nitrogen and oxygen atoms in total. The molecule has 3 aliphatic rings. The second-order valence-corrected chi connectivity index (χ2v) is 7.63. The predicted molar refractivity (Wildman–Crippen MR) is 104 cm³/mol. The number of benzene rings is 1. The van der Waals surface area contributed by atoms with Gasteiger partial charge in [-0.1, -0.05) is 0 Å². The predicted octanol–water partition coefficient (Wildman–Crippen LogP) is 1.82. The number of hydrogen-bond acceptors (Lipinski definition) is 5. The topological polar surface area (TPSA) is 99.0 Å². The molecule has 0 spiro atoms. The summed E-state index contributed by atoms with van der Waals surface area (Å²) in [4.78, 5) is 41.5. The fourth-order valence-electron chi connectivity index (χ4n) is 4.42. The summed E-state index contributed by atoms with van der Waals surface area (Å²) in [5.74, 6) is -0.265. The number of likely N-dealkylation sites (tertiary alicyclic amines) is 1. The number of carbonyl (C=O) groups is 2. The maximum Gasteiger partial charge on any atom is 0.317 e. The third-order valence-electron chi connectivity index (χ3n) is 5.89. The van der Waals surface area contributed by atoms with E-state index in [1.54, 1.807) is 17.0 Å². The Hall–Kier alpha value is -2.84. The van der Waals surface area contributed by atoms with Crippen LogP contribution in [0.25, 0.3) is 0 Å². The van der Waals surface area contributed by atoms with Crippen LogP contribution in [0.1, 0.15) is 36.0 Å². The summed E-state index contributed by atoms with van der Waals surface area (Å²) in [5.41, 5.74) is 0.816. The van der Waals surface area contributed by atoms with Crippen molar-refractivity contribution in [2.75, 3.05) is 44.2 Å². The zero-order valence-electron chi connectivity index (χ0n) is 15.8. The lowest BCUT2D eigenvalue weighted by Crippen LogP contribution is -2.49. The molecule has 0 radical (unpaired) electrons. The number of nitrogens with one attached hydrogen (secondary N) is 1. The summed E-state index contributed by atoms with van der Waals surface area (Å²) in [5, 5.41) is 14.3. The third kappa shape index (κ3) is 3.48. The molecular weight excluding hydrogens is 362 g/mol. The minimum absolute atomic E-state index is 0.0274. The molecule has 1 aromatic carbocycles. The van der Waals surface area contributed by atoms with Gasteiger partial charge >= 0.3 is 6.03 Å². The molecule has 1 aromatic rings. The van der Waals surface area contributed by atoms with Crippen LogP contribution in [0.5, 0.6) is 0 Å². The molecule has 1 atom stereocenters. The van der Waals surface area contributed by atoms with E-state index in [0.717, 1.165) is 37.9 Å². The Morgan fingerprint density at radius 1 is 1.14 bits per heavy atom. The van der Waals surface area contributed by atoms with Gasteiger partial charge in [-0.05, 0) is 37.8 Å². The van der Waals surface area contributed by atoms with Crippen LogP contribution in [-0.2, 0) is 0 Å². The van der Waals surface area contributed by atoms with E-state index in [1.807, 2.05) is 4.90 Å². The number of urea groups is 1. The average Bonchev–Trinajstić information content (AvgIpc) is 3.39. The van der Waals surface area contributed by atoms with Crippen molar-refractivity contribution in [3.8, 4) is 0 Å². The molecule has 0 saturated carbocycles. The first-order chi connectivity index (χ1) is 13.5. The van der Waals surface area contributed by atoms with Gasteiger partial charge in [0.25, 0.3) is 11.6 Å². The van der Waals surface area contributed by atoms with Gasteiger partial charge in [0.05, 0.1) is 11.0 Å². The van der Waals surface area contributed by atoms with Crippen molar-refractivity contribution in [3.63, 3.8) is 0 Å². The van der Waals surface area contributed by atoms with Gasteiger partial charge in [0.15, 0.2) is 0 Å². The quantitative estimate of drug-likeness (QED) is 0.628. The molecule has 0 bridgehead atoms. The van der Waals surface area contributed by atoms with Crippen molar-refractivity contribution in [1.29, 1.82) is 0 Å². The molecule has 0 aromatic heterocycles. The fraction of sp³-hybridized carbons (Fsp3) is 0.579. The average molecular weight is 387 g/mol. The molecule has 3 aliphatic heterocycles. The Balaban J connectivity index is 1.58. The van der Waals surface area contributed by atoms with Gasteiger partial charge in [0, 0.05) is 51.0 Å². The van der Waals surface area contributed by atoms with Crippen molar-refractivity contribution in [2.24, 2.45) is 0 Å². The van der Waals surface area contributed by atoms with Crippen molar-refractivity contribution >= 4 is 23.3 Å². The van der Waals surface area contributed by atoms with Crippen LogP contribution in [0.2, 0.25) is 0 Å². The summed E-state index contributed by atoms with van der Waals surface area (Å²) < 4.78 is 0. The second-order valence-electron chi connectivity index (χ2n) is 7.63. The minimum Gasteiger partial charge on any atom is -0.369 e. The Labute approximate surface area is 163 Å². The standard InChI is InChI=1S/C19H25N5O4/c25-18(21-8-1-2-9-21)16-12-14(5-6-17(16)24(27)28)22-10-3-4-15(13-22)23-11-7-20-19(23)26/h5-6,12,15H,1-4,7-11,13H2,(H,20,26). The number of anilines is 1. The molecular formula is C19H25N5O4. The maximum atomic E-state index is 12.9. The van der Waals surface area contributed by atoms with E-state index in [4.69, 9.17) is 0 Å². The first-order valence-corrected chi connectivity index (χ1v) is 9.92. The van der Waals surface area contributed by atoms with Gasteiger partial charge in [-0.25, -0.2) is 4.79 Å². The Kier molecular flexibility index (Phi) is 5.06. The highest BCUT2D eigenvalue weighted by Crippen LogP contribution is 2.30. The smallest absolute Gasteiger partial charge is 0.317 e. The van der Waals surface area contributed by atoms with Crippen LogP contribution in [0.4, 0.5) is 16.2 Å². The van der Waals surface area contributed by atoms with Crippen LogP contribution in [0, 0.1) is 10.1 Å². The minimum atomic E-state index is -0.485. The number of piperidine rings is 1. The van der Waals surface area contributed by atoms with Crippen molar-refractivity contribution in [1.82, 2.24) is 15.1 Å². The lowest BCUT2D eigenvalue weighted by atomic mass is 10.0. The summed E-state index contributed by atoms with van der Waals surface area (Å²) in [7, 11) is 0. The molecule has 28 heavy (non-hydrogen) atoms. The molecule has 9 heteroatoms. The van der Waals surface area contributed by atoms with E-state index in [-0.39, 0.29) is 29.2 Å². The second kappa shape index (κ2) is 7.65. The van der Waals surface area contributed by atoms with Gasteiger partial charge in [-0.2, -0.15) is 0 Å². The van der Waals surface area contributed by atoms with E-state index >= 15 is 0 Å². The molecule has 3 heterocycles. The molecule has 1 unspecified atom stereocenters. The fourth-order valence-corrected chi connectivity index (χ4v) is 4.42.